The van der Waals surface area contributed by atoms with E-state index in [1.807, 2.05) is 46.8 Å². The van der Waals surface area contributed by atoms with Crippen LogP contribution in [0.1, 0.15) is 48.7 Å². The van der Waals surface area contributed by atoms with E-state index in [0.717, 1.165) is 11.1 Å². The highest BCUT2D eigenvalue weighted by Gasteiger charge is 2.37. The van der Waals surface area contributed by atoms with Gasteiger partial charge in [-0.15, -0.1) is 0 Å². The smallest absolute Gasteiger partial charge is 0.412 e. The van der Waals surface area contributed by atoms with Gasteiger partial charge >= 0.3 is 6.09 Å². The lowest BCUT2D eigenvalue weighted by Gasteiger charge is -2.41. The van der Waals surface area contributed by atoms with Crippen molar-refractivity contribution in [2.24, 2.45) is 0 Å². The van der Waals surface area contributed by atoms with Gasteiger partial charge < -0.3 is 19.5 Å². The minimum atomic E-state index is -1.01. The van der Waals surface area contributed by atoms with Crippen molar-refractivity contribution in [1.29, 1.82) is 0 Å². The number of aryl methyl sites for hydroxylation is 2. The van der Waals surface area contributed by atoms with Gasteiger partial charge in [-0.2, -0.15) is 0 Å². The molecule has 0 spiro atoms. The maximum atomic E-state index is 13.6. The molecule has 1 unspecified atom stereocenters. The third-order valence-electron chi connectivity index (χ3n) is 5.61. The van der Waals surface area contributed by atoms with Crippen LogP contribution in [0.2, 0.25) is 0 Å². The van der Waals surface area contributed by atoms with Crippen LogP contribution in [0.3, 0.4) is 0 Å². The summed E-state index contributed by atoms with van der Waals surface area (Å²) >= 11 is 0. The Bertz CT molecular complexity index is 988. The lowest BCUT2D eigenvalue weighted by molar-refractivity contribution is 0.0982. The normalized spacial score (nSPS) is 15.5. The van der Waals surface area contributed by atoms with Crippen LogP contribution in [0.25, 0.3) is 0 Å². The monoisotopic (exact) mass is 426 g/mol. The van der Waals surface area contributed by atoms with Gasteiger partial charge in [0.2, 0.25) is 0 Å². The first-order valence-corrected chi connectivity index (χ1v) is 10.7. The van der Waals surface area contributed by atoms with Gasteiger partial charge in [-0.1, -0.05) is 6.92 Å². The van der Waals surface area contributed by atoms with E-state index in [1.165, 1.54) is 4.90 Å². The number of carbonyl (C=O) groups is 2. The minimum absolute atomic E-state index is 0.197. The fourth-order valence-electron chi connectivity index (χ4n) is 3.89. The molecule has 1 heterocycles. The number of amides is 2. The molecule has 1 atom stereocenters. The summed E-state index contributed by atoms with van der Waals surface area (Å²) in [5.74, 6) is 0.915. The number of carboxylic acid groups (broad SMARTS) is 1. The molecule has 0 fully saturated rings. The number of nitrogens with zero attached hydrogens (tertiary/aromatic N) is 2. The number of fused-ring (bicyclic) bond motifs is 1. The Morgan fingerprint density at radius 2 is 1.58 bits per heavy atom. The number of anilines is 2. The van der Waals surface area contributed by atoms with E-state index in [-0.39, 0.29) is 18.5 Å². The van der Waals surface area contributed by atoms with Gasteiger partial charge in [-0.05, 0) is 75.6 Å². The topological polar surface area (TPSA) is 79.3 Å². The first-order valence-electron chi connectivity index (χ1n) is 10.7. The molecule has 7 nitrogen and oxygen atoms in total. The Balaban J connectivity index is 2.09. The first-order chi connectivity index (χ1) is 14.8. The Kier molecular flexibility index (Phi) is 6.73. The van der Waals surface area contributed by atoms with Crippen molar-refractivity contribution in [1.82, 2.24) is 0 Å². The number of rotatable bonds is 6. The van der Waals surface area contributed by atoms with E-state index in [0.29, 0.717) is 48.1 Å². The fourth-order valence-corrected chi connectivity index (χ4v) is 3.89. The second kappa shape index (κ2) is 9.29. The standard InChI is InChI=1S/C24H30N2O5/c1-6-18-14-25(19-11-15(4)16(5)12-20(19)26(18)24(28)29)23(27)17-9-10-21(30-7-2)22(13-17)31-8-3/h9-13,18H,6-8,14H2,1-5H3,(H,28,29). The maximum absolute atomic E-state index is 13.6. The molecule has 2 amide bonds. The number of ether oxygens (including phenoxy) is 2. The minimum Gasteiger partial charge on any atom is -0.490 e. The first kappa shape index (κ1) is 22.5. The van der Waals surface area contributed by atoms with Crippen LogP contribution in [-0.4, -0.2) is 42.9 Å². The molecule has 1 N–H and O–H groups in total. The van der Waals surface area contributed by atoms with E-state index in [1.54, 1.807) is 23.1 Å². The molecular weight excluding hydrogens is 396 g/mol. The average Bonchev–Trinajstić information content (AvgIpc) is 2.74. The lowest BCUT2D eigenvalue weighted by atomic mass is 9.99. The number of benzene rings is 2. The molecule has 0 aromatic heterocycles. The van der Waals surface area contributed by atoms with Gasteiger partial charge in [0.05, 0.1) is 30.6 Å². The van der Waals surface area contributed by atoms with Crippen molar-refractivity contribution in [2.45, 2.75) is 47.1 Å². The molecule has 0 saturated carbocycles. The van der Waals surface area contributed by atoms with Crippen LogP contribution >= 0.6 is 0 Å². The summed E-state index contributed by atoms with van der Waals surface area (Å²) in [5.41, 5.74) is 3.59. The van der Waals surface area contributed by atoms with E-state index in [9.17, 15) is 14.7 Å². The number of hydrogen-bond donors (Lipinski definition) is 1. The summed E-state index contributed by atoms with van der Waals surface area (Å²) in [7, 11) is 0. The molecule has 1 aliphatic heterocycles. The van der Waals surface area contributed by atoms with E-state index in [4.69, 9.17) is 9.47 Å². The van der Waals surface area contributed by atoms with Gasteiger partial charge in [-0.3, -0.25) is 9.69 Å². The zero-order valence-electron chi connectivity index (χ0n) is 18.8. The molecule has 0 bridgehead atoms. The Morgan fingerprint density at radius 3 is 2.16 bits per heavy atom. The second-order valence-electron chi connectivity index (χ2n) is 7.58. The zero-order valence-corrected chi connectivity index (χ0v) is 18.8. The SMILES string of the molecule is CCOc1ccc(C(=O)N2CC(CC)N(C(=O)O)c3cc(C)c(C)cc32)cc1OCC. The van der Waals surface area contributed by atoms with Gasteiger partial charge in [-0.25, -0.2) is 4.79 Å². The Hall–Kier alpha value is -3.22. The van der Waals surface area contributed by atoms with Crippen molar-refractivity contribution in [3.05, 3.63) is 47.0 Å². The van der Waals surface area contributed by atoms with Crippen molar-refractivity contribution >= 4 is 23.4 Å². The maximum Gasteiger partial charge on any atom is 0.412 e. The van der Waals surface area contributed by atoms with E-state index in [2.05, 4.69) is 0 Å². The number of hydrogen-bond acceptors (Lipinski definition) is 4. The predicted molar refractivity (Wildman–Crippen MR) is 121 cm³/mol. The Labute approximate surface area is 183 Å². The second-order valence-corrected chi connectivity index (χ2v) is 7.58. The molecule has 31 heavy (non-hydrogen) atoms. The summed E-state index contributed by atoms with van der Waals surface area (Å²) in [6.45, 7) is 10.8. The molecule has 0 saturated heterocycles. The molecule has 0 aliphatic carbocycles. The number of carbonyl (C=O) groups excluding carboxylic acids is 1. The van der Waals surface area contributed by atoms with Gasteiger partial charge in [0, 0.05) is 12.1 Å². The third-order valence-corrected chi connectivity index (χ3v) is 5.61. The summed E-state index contributed by atoms with van der Waals surface area (Å²) in [4.78, 5) is 28.7. The van der Waals surface area contributed by atoms with E-state index < -0.39 is 6.09 Å². The van der Waals surface area contributed by atoms with Crippen molar-refractivity contribution < 1.29 is 24.2 Å². The summed E-state index contributed by atoms with van der Waals surface area (Å²) in [5, 5.41) is 9.86. The van der Waals surface area contributed by atoms with Gasteiger partial charge in [0.15, 0.2) is 11.5 Å². The van der Waals surface area contributed by atoms with Crippen molar-refractivity contribution in [3.63, 3.8) is 0 Å². The van der Waals surface area contributed by atoms with Crippen LogP contribution in [0.4, 0.5) is 16.2 Å². The van der Waals surface area contributed by atoms with Crippen LogP contribution in [0.15, 0.2) is 30.3 Å². The van der Waals surface area contributed by atoms with Crippen LogP contribution in [-0.2, 0) is 0 Å². The summed E-state index contributed by atoms with van der Waals surface area (Å²) in [6, 6.07) is 8.58. The largest absolute Gasteiger partial charge is 0.490 e. The molecule has 1 aliphatic rings. The quantitative estimate of drug-likeness (QED) is 0.701. The molecule has 7 heteroatoms. The molecule has 3 rings (SSSR count). The molecule has 2 aromatic rings. The van der Waals surface area contributed by atoms with Crippen LogP contribution in [0, 0.1) is 13.8 Å². The zero-order chi connectivity index (χ0) is 22.7. The lowest BCUT2D eigenvalue weighted by Crippen LogP contribution is -2.52. The third kappa shape index (κ3) is 4.31. The Morgan fingerprint density at radius 1 is 0.968 bits per heavy atom. The summed E-state index contributed by atoms with van der Waals surface area (Å²) < 4.78 is 11.3. The highest BCUT2D eigenvalue weighted by atomic mass is 16.5. The fraction of sp³-hybridized carbons (Fsp3) is 0.417. The molecular formula is C24H30N2O5. The van der Waals surface area contributed by atoms with E-state index >= 15 is 0 Å². The van der Waals surface area contributed by atoms with Crippen molar-refractivity contribution in [2.75, 3.05) is 29.6 Å². The van der Waals surface area contributed by atoms with Crippen LogP contribution in [0.5, 0.6) is 11.5 Å². The van der Waals surface area contributed by atoms with Crippen molar-refractivity contribution in [3.8, 4) is 11.5 Å². The molecule has 0 radical (unpaired) electrons. The predicted octanol–water partition coefficient (Wildman–Crippen LogP) is 5.02. The van der Waals surface area contributed by atoms with Gasteiger partial charge in [0.1, 0.15) is 0 Å². The molecule has 166 valence electrons. The highest BCUT2D eigenvalue weighted by Crippen LogP contribution is 2.40. The van der Waals surface area contributed by atoms with Gasteiger partial charge in [0.25, 0.3) is 5.91 Å². The highest BCUT2D eigenvalue weighted by molar-refractivity contribution is 6.10. The summed E-state index contributed by atoms with van der Waals surface area (Å²) in [6.07, 6.45) is -0.418. The average molecular weight is 427 g/mol. The van der Waals surface area contributed by atoms with Crippen LogP contribution < -0.4 is 19.3 Å². The molecule has 2 aromatic carbocycles.